The van der Waals surface area contributed by atoms with Crippen LogP contribution in [0.2, 0.25) is 0 Å². The van der Waals surface area contributed by atoms with Gasteiger partial charge in [0.25, 0.3) is 0 Å². The van der Waals surface area contributed by atoms with E-state index in [0.717, 1.165) is 6.07 Å². The third kappa shape index (κ3) is 3.49. The molecule has 0 aliphatic rings. The summed E-state index contributed by atoms with van der Waals surface area (Å²) in [5, 5.41) is 0.367. The zero-order chi connectivity index (χ0) is 18.7. The molecular formula is C20H16O6. The SMILES string of the molecule is COc1ccc(C(=O)C(C)OC(=O)c2cc(=O)c3ccccc3o2)cc1. The molecule has 0 bridgehead atoms. The van der Waals surface area contributed by atoms with Gasteiger partial charge >= 0.3 is 5.97 Å². The lowest BCUT2D eigenvalue weighted by molar-refractivity contribution is 0.0289. The minimum Gasteiger partial charge on any atom is -0.497 e. The zero-order valence-electron chi connectivity index (χ0n) is 14.2. The summed E-state index contributed by atoms with van der Waals surface area (Å²) in [4.78, 5) is 36.7. The van der Waals surface area contributed by atoms with Crippen LogP contribution in [0.3, 0.4) is 0 Å². The standard InChI is InChI=1S/C20H16O6/c1-12(19(22)13-7-9-14(24-2)10-8-13)25-20(23)18-11-16(21)15-5-3-4-6-17(15)26-18/h3-12H,1-2H3. The molecule has 0 radical (unpaired) electrons. The summed E-state index contributed by atoms with van der Waals surface area (Å²) < 4.78 is 15.6. The van der Waals surface area contributed by atoms with Gasteiger partial charge in [-0.25, -0.2) is 4.79 Å². The van der Waals surface area contributed by atoms with Crippen LogP contribution in [-0.4, -0.2) is 25.0 Å². The summed E-state index contributed by atoms with van der Waals surface area (Å²) in [6.07, 6.45) is -1.03. The Balaban J connectivity index is 1.78. The van der Waals surface area contributed by atoms with Crippen molar-refractivity contribution < 1.29 is 23.5 Å². The van der Waals surface area contributed by atoms with Crippen LogP contribution in [0.15, 0.2) is 63.8 Å². The Hall–Kier alpha value is -3.41. The van der Waals surface area contributed by atoms with Gasteiger partial charge in [0.05, 0.1) is 12.5 Å². The Bertz CT molecular complexity index is 1020. The molecule has 1 aromatic heterocycles. The van der Waals surface area contributed by atoms with Gasteiger partial charge in [0.1, 0.15) is 11.3 Å². The fourth-order valence-electron chi connectivity index (χ4n) is 2.47. The highest BCUT2D eigenvalue weighted by atomic mass is 16.6. The molecule has 3 aromatic rings. The molecule has 6 nitrogen and oxygen atoms in total. The van der Waals surface area contributed by atoms with E-state index < -0.39 is 12.1 Å². The second-order valence-electron chi connectivity index (χ2n) is 5.61. The molecule has 0 aliphatic heterocycles. The Morgan fingerprint density at radius 1 is 1.04 bits per heavy atom. The summed E-state index contributed by atoms with van der Waals surface area (Å²) in [6, 6.07) is 14.1. The maximum Gasteiger partial charge on any atom is 0.375 e. The van der Waals surface area contributed by atoms with Crippen LogP contribution in [0.25, 0.3) is 11.0 Å². The monoisotopic (exact) mass is 352 g/mol. The molecule has 0 saturated carbocycles. The van der Waals surface area contributed by atoms with E-state index in [1.54, 1.807) is 48.5 Å². The van der Waals surface area contributed by atoms with Gasteiger partial charge in [0.15, 0.2) is 11.5 Å². The number of fused-ring (bicyclic) bond motifs is 1. The normalized spacial score (nSPS) is 11.8. The van der Waals surface area contributed by atoms with E-state index in [9.17, 15) is 14.4 Å². The van der Waals surface area contributed by atoms with E-state index >= 15 is 0 Å². The highest BCUT2D eigenvalue weighted by Gasteiger charge is 2.22. The summed E-state index contributed by atoms with van der Waals surface area (Å²) in [7, 11) is 1.53. The van der Waals surface area contributed by atoms with Crippen molar-refractivity contribution in [3.05, 3.63) is 76.1 Å². The number of ketones is 1. The first-order valence-electron chi connectivity index (χ1n) is 7.91. The quantitative estimate of drug-likeness (QED) is 0.518. The first-order valence-corrected chi connectivity index (χ1v) is 7.91. The largest absolute Gasteiger partial charge is 0.497 e. The van der Waals surface area contributed by atoms with Crippen molar-refractivity contribution in [2.24, 2.45) is 0 Å². The van der Waals surface area contributed by atoms with Crippen LogP contribution >= 0.6 is 0 Å². The molecule has 1 heterocycles. The Kier molecular flexibility index (Phi) is 4.84. The van der Waals surface area contributed by atoms with Gasteiger partial charge in [-0.15, -0.1) is 0 Å². The topological polar surface area (TPSA) is 82.8 Å². The summed E-state index contributed by atoms with van der Waals surface area (Å²) in [5.74, 6) is -0.876. The summed E-state index contributed by atoms with van der Waals surface area (Å²) in [6.45, 7) is 1.46. The highest BCUT2D eigenvalue weighted by Crippen LogP contribution is 2.16. The average Bonchev–Trinajstić information content (AvgIpc) is 2.67. The number of carbonyl (C=O) groups is 2. The fourth-order valence-corrected chi connectivity index (χ4v) is 2.47. The van der Waals surface area contributed by atoms with Crippen molar-refractivity contribution in [1.29, 1.82) is 0 Å². The molecule has 1 unspecified atom stereocenters. The third-order valence-electron chi connectivity index (χ3n) is 3.86. The lowest BCUT2D eigenvalue weighted by Gasteiger charge is -2.12. The van der Waals surface area contributed by atoms with E-state index in [0.29, 0.717) is 16.7 Å². The summed E-state index contributed by atoms with van der Waals surface area (Å²) in [5.41, 5.74) is 0.306. The first-order chi connectivity index (χ1) is 12.5. The number of hydrogen-bond donors (Lipinski definition) is 0. The number of hydrogen-bond acceptors (Lipinski definition) is 6. The third-order valence-corrected chi connectivity index (χ3v) is 3.86. The van der Waals surface area contributed by atoms with Gasteiger partial charge in [0.2, 0.25) is 11.5 Å². The minimum absolute atomic E-state index is 0.247. The Labute approximate surface area is 149 Å². The predicted molar refractivity (Wildman–Crippen MR) is 94.7 cm³/mol. The summed E-state index contributed by atoms with van der Waals surface area (Å²) >= 11 is 0. The minimum atomic E-state index is -1.03. The van der Waals surface area contributed by atoms with Crippen LogP contribution in [-0.2, 0) is 4.74 Å². The molecule has 0 N–H and O–H groups in total. The van der Waals surface area contributed by atoms with Crippen LogP contribution in [0.4, 0.5) is 0 Å². The lowest BCUT2D eigenvalue weighted by Crippen LogP contribution is -2.25. The number of methoxy groups -OCH3 is 1. The van der Waals surface area contributed by atoms with Crippen molar-refractivity contribution in [3.63, 3.8) is 0 Å². The first kappa shape index (κ1) is 17.4. The molecule has 0 amide bonds. The number of benzene rings is 2. The number of rotatable bonds is 5. The van der Waals surface area contributed by atoms with Crippen LogP contribution in [0.1, 0.15) is 27.8 Å². The van der Waals surface area contributed by atoms with E-state index in [4.69, 9.17) is 13.9 Å². The molecule has 6 heteroatoms. The number of para-hydroxylation sites is 1. The molecule has 26 heavy (non-hydrogen) atoms. The average molecular weight is 352 g/mol. The number of carbonyl (C=O) groups excluding carboxylic acids is 2. The van der Waals surface area contributed by atoms with E-state index in [1.165, 1.54) is 14.0 Å². The maximum absolute atomic E-state index is 12.4. The van der Waals surface area contributed by atoms with Gasteiger partial charge in [-0.05, 0) is 43.3 Å². The van der Waals surface area contributed by atoms with E-state index in [-0.39, 0.29) is 22.6 Å². The molecule has 3 rings (SSSR count). The van der Waals surface area contributed by atoms with Crippen molar-refractivity contribution in [3.8, 4) is 5.75 Å². The molecular weight excluding hydrogens is 336 g/mol. The molecule has 0 aliphatic carbocycles. The maximum atomic E-state index is 12.4. The van der Waals surface area contributed by atoms with Crippen LogP contribution in [0.5, 0.6) is 5.75 Å². The second kappa shape index (κ2) is 7.23. The predicted octanol–water partition coefficient (Wildman–Crippen LogP) is 3.23. The van der Waals surface area contributed by atoms with Gasteiger partial charge in [-0.2, -0.15) is 0 Å². The van der Waals surface area contributed by atoms with E-state index in [2.05, 4.69) is 0 Å². The van der Waals surface area contributed by atoms with Crippen LogP contribution < -0.4 is 10.2 Å². The second-order valence-corrected chi connectivity index (χ2v) is 5.61. The smallest absolute Gasteiger partial charge is 0.375 e. The van der Waals surface area contributed by atoms with Gasteiger partial charge in [0, 0.05) is 11.6 Å². The number of esters is 1. The molecule has 2 aromatic carbocycles. The molecule has 0 spiro atoms. The molecule has 0 saturated heterocycles. The van der Waals surface area contributed by atoms with Gasteiger partial charge in [-0.1, -0.05) is 12.1 Å². The van der Waals surface area contributed by atoms with E-state index in [1.807, 2.05) is 0 Å². The fraction of sp³-hybridized carbons (Fsp3) is 0.150. The zero-order valence-corrected chi connectivity index (χ0v) is 14.2. The Morgan fingerprint density at radius 2 is 1.73 bits per heavy atom. The van der Waals surface area contributed by atoms with Crippen molar-refractivity contribution in [2.75, 3.05) is 7.11 Å². The number of Topliss-reactive ketones (excluding diaryl/α,β-unsaturated/α-hetero) is 1. The molecule has 132 valence electrons. The molecule has 0 fully saturated rings. The van der Waals surface area contributed by atoms with Crippen molar-refractivity contribution in [2.45, 2.75) is 13.0 Å². The van der Waals surface area contributed by atoms with Crippen molar-refractivity contribution >= 4 is 22.7 Å². The molecule has 1 atom stereocenters. The van der Waals surface area contributed by atoms with Gasteiger partial charge < -0.3 is 13.9 Å². The van der Waals surface area contributed by atoms with Crippen molar-refractivity contribution in [1.82, 2.24) is 0 Å². The Morgan fingerprint density at radius 3 is 2.42 bits per heavy atom. The van der Waals surface area contributed by atoms with Gasteiger partial charge in [-0.3, -0.25) is 9.59 Å². The lowest BCUT2D eigenvalue weighted by atomic mass is 10.1. The van der Waals surface area contributed by atoms with Crippen LogP contribution in [0, 0.1) is 0 Å². The highest BCUT2D eigenvalue weighted by molar-refractivity contribution is 6.01. The number of ether oxygens (including phenoxy) is 2.